The molecule has 1 N–H and O–H groups in total. The number of nitrogens with zero attached hydrogens (tertiary/aromatic N) is 1. The van der Waals surface area contributed by atoms with Crippen LogP contribution in [0.4, 0.5) is 5.69 Å². The van der Waals surface area contributed by atoms with E-state index in [9.17, 15) is 4.79 Å². The molecule has 3 aromatic rings. The van der Waals surface area contributed by atoms with Crippen LogP contribution in [0.1, 0.15) is 0 Å². The van der Waals surface area contributed by atoms with E-state index in [-0.39, 0.29) is 5.91 Å². The zero-order valence-corrected chi connectivity index (χ0v) is 11.5. The number of hydrogen-bond donors (Lipinski definition) is 1. The average molecular weight is 280 g/mol. The second kappa shape index (κ2) is 5.27. The molecule has 0 fully saturated rings. The van der Waals surface area contributed by atoms with Gasteiger partial charge in [0.25, 0.3) is 0 Å². The Kier molecular flexibility index (Phi) is 3.31. The molecule has 0 atom stereocenters. The summed E-state index contributed by atoms with van der Waals surface area (Å²) in [6.45, 7) is 3.45. The van der Waals surface area contributed by atoms with Gasteiger partial charge in [0, 0.05) is 5.69 Å². The van der Waals surface area contributed by atoms with Crippen molar-refractivity contribution < 1.29 is 4.79 Å². The van der Waals surface area contributed by atoms with Crippen LogP contribution in [0.3, 0.4) is 0 Å². The Morgan fingerprint density at radius 3 is 2.90 bits per heavy atom. The third kappa shape index (κ3) is 2.46. The lowest BCUT2D eigenvalue weighted by atomic mass is 10.0. The van der Waals surface area contributed by atoms with Gasteiger partial charge < -0.3 is 5.32 Å². The summed E-state index contributed by atoms with van der Waals surface area (Å²) in [6, 6.07) is 13.9. The first-order valence-corrected chi connectivity index (χ1v) is 7.01. The Labute approximate surface area is 120 Å². The molecule has 1 amide bonds. The second-order valence-corrected chi connectivity index (χ2v) is 5.20. The van der Waals surface area contributed by atoms with Crippen LogP contribution in [0.15, 0.2) is 60.6 Å². The second-order valence-electron chi connectivity index (χ2n) is 4.31. The third-order valence-electron chi connectivity index (χ3n) is 2.98. The zero-order chi connectivity index (χ0) is 13.9. The molecular weight excluding hydrogens is 268 g/mol. The third-order valence-corrected chi connectivity index (χ3v) is 3.77. The van der Waals surface area contributed by atoms with E-state index in [0.717, 1.165) is 27.0 Å². The number of fused-ring (bicyclic) bond motifs is 1. The molecule has 1 heterocycles. The number of aromatic nitrogens is 1. The highest BCUT2D eigenvalue weighted by Crippen LogP contribution is 2.27. The monoisotopic (exact) mass is 280 g/mol. The summed E-state index contributed by atoms with van der Waals surface area (Å²) < 4.78 is 1.16. The molecule has 2 aromatic carbocycles. The number of carbonyl (C=O) groups is 1. The first-order valence-electron chi connectivity index (χ1n) is 6.13. The van der Waals surface area contributed by atoms with Crippen LogP contribution in [-0.4, -0.2) is 10.9 Å². The maximum absolute atomic E-state index is 11.3. The molecule has 0 spiro atoms. The fourth-order valence-corrected chi connectivity index (χ4v) is 2.72. The lowest BCUT2D eigenvalue weighted by molar-refractivity contribution is -0.111. The van der Waals surface area contributed by atoms with Crippen LogP contribution >= 0.6 is 11.3 Å². The number of hydrogen-bond acceptors (Lipinski definition) is 3. The first-order chi connectivity index (χ1) is 9.76. The van der Waals surface area contributed by atoms with Crippen LogP contribution < -0.4 is 5.32 Å². The minimum absolute atomic E-state index is 0.208. The van der Waals surface area contributed by atoms with E-state index >= 15 is 0 Å². The van der Waals surface area contributed by atoms with Crippen LogP contribution in [0, 0.1) is 0 Å². The molecule has 0 aliphatic heterocycles. The van der Waals surface area contributed by atoms with E-state index < -0.39 is 0 Å². The van der Waals surface area contributed by atoms with Crippen molar-refractivity contribution in [2.75, 3.05) is 5.32 Å². The Morgan fingerprint density at radius 1 is 1.20 bits per heavy atom. The predicted molar refractivity (Wildman–Crippen MR) is 83.9 cm³/mol. The fourth-order valence-electron chi connectivity index (χ4n) is 2.00. The summed E-state index contributed by atoms with van der Waals surface area (Å²) in [7, 11) is 0. The average Bonchev–Trinajstić information content (AvgIpc) is 2.94. The molecule has 0 bridgehead atoms. The molecule has 1 aromatic heterocycles. The smallest absolute Gasteiger partial charge is 0.247 e. The number of carbonyl (C=O) groups excluding carboxylic acids is 1. The van der Waals surface area contributed by atoms with Crippen molar-refractivity contribution >= 4 is 33.1 Å². The fraction of sp³-hybridized carbons (Fsp3) is 0. The highest BCUT2D eigenvalue weighted by Gasteiger charge is 2.03. The molecule has 0 saturated carbocycles. The van der Waals surface area contributed by atoms with Gasteiger partial charge in [-0.2, -0.15) is 0 Å². The van der Waals surface area contributed by atoms with Gasteiger partial charge >= 0.3 is 0 Å². The van der Waals surface area contributed by atoms with Crippen molar-refractivity contribution in [1.82, 2.24) is 4.98 Å². The molecule has 0 unspecified atom stereocenters. The summed E-state index contributed by atoms with van der Waals surface area (Å²) in [4.78, 5) is 15.6. The zero-order valence-electron chi connectivity index (χ0n) is 10.7. The lowest BCUT2D eigenvalue weighted by Gasteiger charge is -2.06. The summed E-state index contributed by atoms with van der Waals surface area (Å²) in [5.74, 6) is -0.208. The Morgan fingerprint density at radius 2 is 2.05 bits per heavy atom. The number of benzene rings is 2. The number of thiazole rings is 1. The van der Waals surface area contributed by atoms with Gasteiger partial charge in [0.1, 0.15) is 0 Å². The Hall–Kier alpha value is -2.46. The number of nitrogens with one attached hydrogen (secondary N) is 1. The topological polar surface area (TPSA) is 42.0 Å². The van der Waals surface area contributed by atoms with Gasteiger partial charge in [-0.15, -0.1) is 11.3 Å². The van der Waals surface area contributed by atoms with Gasteiger partial charge in [-0.3, -0.25) is 4.79 Å². The van der Waals surface area contributed by atoms with E-state index in [1.54, 1.807) is 11.3 Å². The van der Waals surface area contributed by atoms with Gasteiger partial charge in [0.15, 0.2) is 0 Å². The van der Waals surface area contributed by atoms with Gasteiger partial charge in [0.05, 0.1) is 15.7 Å². The molecule has 0 radical (unpaired) electrons. The minimum Gasteiger partial charge on any atom is -0.323 e. The van der Waals surface area contributed by atoms with Gasteiger partial charge in [0.2, 0.25) is 5.91 Å². The SMILES string of the molecule is C=CC(=O)Nc1cccc(-c2ccc3ncsc3c2)c1. The number of amides is 1. The molecule has 0 aliphatic rings. The number of anilines is 1. The largest absolute Gasteiger partial charge is 0.323 e. The molecule has 0 saturated heterocycles. The van der Waals surface area contributed by atoms with Gasteiger partial charge in [-0.1, -0.05) is 24.8 Å². The van der Waals surface area contributed by atoms with E-state index in [1.807, 2.05) is 41.9 Å². The summed E-state index contributed by atoms with van der Waals surface area (Å²) in [6.07, 6.45) is 1.26. The molecule has 98 valence electrons. The lowest BCUT2D eigenvalue weighted by Crippen LogP contribution is -2.06. The van der Waals surface area contributed by atoms with Crippen molar-refractivity contribution in [2.24, 2.45) is 0 Å². The van der Waals surface area contributed by atoms with Crippen LogP contribution in [0.2, 0.25) is 0 Å². The quantitative estimate of drug-likeness (QED) is 0.734. The standard InChI is InChI=1S/C16H12N2OS/c1-2-16(19)18-13-5-3-4-11(8-13)12-6-7-14-15(9-12)20-10-17-14/h2-10H,1H2,(H,18,19). The highest BCUT2D eigenvalue weighted by molar-refractivity contribution is 7.16. The van der Waals surface area contributed by atoms with Crippen molar-refractivity contribution in [1.29, 1.82) is 0 Å². The maximum atomic E-state index is 11.3. The van der Waals surface area contributed by atoms with E-state index in [4.69, 9.17) is 0 Å². The maximum Gasteiger partial charge on any atom is 0.247 e. The first kappa shape index (κ1) is 12.6. The molecule has 20 heavy (non-hydrogen) atoms. The van der Waals surface area contributed by atoms with Crippen LogP contribution in [-0.2, 0) is 4.79 Å². The van der Waals surface area contributed by atoms with Crippen molar-refractivity contribution in [3.8, 4) is 11.1 Å². The number of rotatable bonds is 3. The van der Waals surface area contributed by atoms with Crippen molar-refractivity contribution in [2.45, 2.75) is 0 Å². The van der Waals surface area contributed by atoms with Gasteiger partial charge in [-0.05, 0) is 41.5 Å². The Bertz CT molecular complexity index is 792. The molecule has 3 rings (SSSR count). The molecular formula is C16H12N2OS. The summed E-state index contributed by atoms with van der Waals surface area (Å²) >= 11 is 1.62. The molecule has 4 heteroatoms. The Balaban J connectivity index is 1.98. The predicted octanol–water partition coefficient (Wildman–Crippen LogP) is 4.09. The van der Waals surface area contributed by atoms with Gasteiger partial charge in [-0.25, -0.2) is 4.98 Å². The normalized spacial score (nSPS) is 10.4. The van der Waals surface area contributed by atoms with E-state index in [1.165, 1.54) is 6.08 Å². The van der Waals surface area contributed by atoms with Crippen LogP contribution in [0.5, 0.6) is 0 Å². The summed E-state index contributed by atoms with van der Waals surface area (Å²) in [5.41, 5.74) is 5.78. The van der Waals surface area contributed by atoms with E-state index in [0.29, 0.717) is 0 Å². The highest BCUT2D eigenvalue weighted by atomic mass is 32.1. The molecule has 0 aliphatic carbocycles. The van der Waals surface area contributed by atoms with Crippen molar-refractivity contribution in [3.05, 3.63) is 60.6 Å². The van der Waals surface area contributed by atoms with Crippen LogP contribution in [0.25, 0.3) is 21.3 Å². The molecule has 3 nitrogen and oxygen atoms in total. The summed E-state index contributed by atoms with van der Waals surface area (Å²) in [5, 5.41) is 2.77. The minimum atomic E-state index is -0.208. The van der Waals surface area contributed by atoms with Crippen molar-refractivity contribution in [3.63, 3.8) is 0 Å². The van der Waals surface area contributed by atoms with E-state index in [2.05, 4.69) is 22.9 Å².